The molecule has 37 heavy (non-hydrogen) atoms. The molecule has 0 fully saturated rings. The van der Waals surface area contributed by atoms with Crippen molar-refractivity contribution in [1.82, 2.24) is 0 Å². The van der Waals surface area contributed by atoms with Crippen molar-refractivity contribution < 1.29 is 23.8 Å². The topological polar surface area (TPSA) is 89.5 Å². The minimum Gasteiger partial charge on any atom is -0.497 e. The molecule has 0 saturated carbocycles. The van der Waals surface area contributed by atoms with Crippen LogP contribution < -0.4 is 24.4 Å². The van der Waals surface area contributed by atoms with E-state index in [0.29, 0.717) is 39.4 Å². The lowest BCUT2D eigenvalue weighted by Crippen LogP contribution is -2.33. The van der Waals surface area contributed by atoms with Crippen LogP contribution in [-0.2, 0) is 9.59 Å². The van der Waals surface area contributed by atoms with Gasteiger partial charge in [0.25, 0.3) is 5.91 Å². The van der Waals surface area contributed by atoms with Gasteiger partial charge in [0.1, 0.15) is 22.9 Å². The number of para-hydroxylation sites is 1. The number of rotatable bonds is 8. The summed E-state index contributed by atoms with van der Waals surface area (Å²) in [7, 11) is 4.70. The molecule has 1 heterocycles. The first-order chi connectivity index (χ1) is 17.9. The summed E-state index contributed by atoms with van der Waals surface area (Å²) in [5, 5.41) is 2.75. The number of methoxy groups -OCH3 is 3. The summed E-state index contributed by atoms with van der Waals surface area (Å²) in [6.45, 7) is 1.77. The molecule has 190 valence electrons. The Kier molecular flexibility index (Phi) is 8.15. The summed E-state index contributed by atoms with van der Waals surface area (Å²) < 4.78 is 16.0. The van der Waals surface area contributed by atoms with Crippen LogP contribution in [0, 0.1) is 0 Å². The SMILES string of the molecule is COc1cccc(NC(=O)C(C)SC2=N/C(=C/c3ccc(OC)cc3OC)C(=O)N2c2ccccc2)c1. The number of benzene rings is 3. The molecule has 0 spiro atoms. The molecule has 1 N–H and O–H groups in total. The molecule has 1 aliphatic heterocycles. The van der Waals surface area contributed by atoms with Gasteiger partial charge < -0.3 is 19.5 Å². The molecule has 1 aliphatic rings. The third-order valence-electron chi connectivity index (χ3n) is 5.57. The van der Waals surface area contributed by atoms with Crippen LogP contribution in [0.4, 0.5) is 11.4 Å². The summed E-state index contributed by atoms with van der Waals surface area (Å²) >= 11 is 1.20. The number of carbonyl (C=O) groups is 2. The number of nitrogens with zero attached hydrogens (tertiary/aromatic N) is 2. The second-order valence-corrected chi connectivity index (χ2v) is 9.30. The van der Waals surface area contributed by atoms with Gasteiger partial charge in [0.05, 0.1) is 32.3 Å². The Morgan fingerprint density at radius 1 is 0.946 bits per heavy atom. The first-order valence-electron chi connectivity index (χ1n) is 11.5. The fourth-order valence-corrected chi connectivity index (χ4v) is 4.55. The number of hydrogen-bond donors (Lipinski definition) is 1. The van der Waals surface area contributed by atoms with Crippen LogP contribution >= 0.6 is 11.8 Å². The summed E-state index contributed by atoms with van der Waals surface area (Å²) in [6, 6.07) is 21.7. The highest BCUT2D eigenvalue weighted by Gasteiger charge is 2.34. The molecule has 3 aromatic rings. The lowest BCUT2D eigenvalue weighted by atomic mass is 10.1. The zero-order chi connectivity index (χ0) is 26.4. The minimum atomic E-state index is -0.543. The molecule has 1 atom stereocenters. The van der Waals surface area contributed by atoms with E-state index in [-0.39, 0.29) is 17.5 Å². The van der Waals surface area contributed by atoms with Crippen molar-refractivity contribution in [2.24, 2.45) is 4.99 Å². The molecule has 0 aliphatic carbocycles. The Morgan fingerprint density at radius 2 is 1.68 bits per heavy atom. The highest BCUT2D eigenvalue weighted by Crippen LogP contribution is 2.33. The number of carbonyl (C=O) groups excluding carboxylic acids is 2. The van der Waals surface area contributed by atoms with E-state index in [0.717, 1.165) is 0 Å². The van der Waals surface area contributed by atoms with Gasteiger partial charge in [0.2, 0.25) is 5.91 Å². The van der Waals surface area contributed by atoms with Gasteiger partial charge in [-0.15, -0.1) is 0 Å². The minimum absolute atomic E-state index is 0.226. The van der Waals surface area contributed by atoms with Crippen molar-refractivity contribution in [2.75, 3.05) is 31.5 Å². The summed E-state index contributed by atoms with van der Waals surface area (Å²) in [5.74, 6) is 1.30. The van der Waals surface area contributed by atoms with E-state index in [9.17, 15) is 9.59 Å². The maximum Gasteiger partial charge on any atom is 0.283 e. The number of amidine groups is 1. The fourth-order valence-electron chi connectivity index (χ4n) is 3.62. The number of ether oxygens (including phenoxy) is 3. The molecule has 0 aromatic heterocycles. The average Bonchev–Trinajstić information content (AvgIpc) is 3.23. The van der Waals surface area contributed by atoms with Crippen LogP contribution in [0.15, 0.2) is 83.5 Å². The summed E-state index contributed by atoms with van der Waals surface area (Å²) in [4.78, 5) is 32.6. The fraction of sp³-hybridized carbons (Fsp3) is 0.179. The van der Waals surface area contributed by atoms with E-state index in [1.165, 1.54) is 16.7 Å². The first kappa shape index (κ1) is 25.8. The molecule has 2 amide bonds. The lowest BCUT2D eigenvalue weighted by molar-refractivity contribution is -0.115. The van der Waals surface area contributed by atoms with E-state index >= 15 is 0 Å². The van der Waals surface area contributed by atoms with E-state index in [2.05, 4.69) is 10.3 Å². The molecule has 0 bridgehead atoms. The Morgan fingerprint density at radius 3 is 2.38 bits per heavy atom. The molecular formula is C28H27N3O5S. The molecule has 3 aromatic carbocycles. The van der Waals surface area contributed by atoms with Gasteiger partial charge in [0, 0.05) is 23.4 Å². The summed E-state index contributed by atoms with van der Waals surface area (Å²) in [5.41, 5.74) is 2.19. The zero-order valence-corrected chi connectivity index (χ0v) is 21.7. The maximum absolute atomic E-state index is 13.5. The van der Waals surface area contributed by atoms with Gasteiger partial charge in [-0.25, -0.2) is 4.99 Å². The highest BCUT2D eigenvalue weighted by molar-refractivity contribution is 8.15. The number of aliphatic imine (C=N–C) groups is 1. The Balaban J connectivity index is 1.63. The molecule has 0 saturated heterocycles. The van der Waals surface area contributed by atoms with E-state index < -0.39 is 5.25 Å². The van der Waals surface area contributed by atoms with E-state index in [1.807, 2.05) is 30.3 Å². The normalized spacial score (nSPS) is 14.8. The van der Waals surface area contributed by atoms with Crippen LogP contribution in [0.25, 0.3) is 6.08 Å². The Hall–Kier alpha value is -4.24. The van der Waals surface area contributed by atoms with Gasteiger partial charge in [-0.2, -0.15) is 0 Å². The van der Waals surface area contributed by atoms with Gasteiger partial charge in [-0.1, -0.05) is 36.0 Å². The molecule has 1 unspecified atom stereocenters. The first-order valence-corrected chi connectivity index (χ1v) is 12.3. The third kappa shape index (κ3) is 5.95. The van der Waals surface area contributed by atoms with Crippen molar-refractivity contribution in [2.45, 2.75) is 12.2 Å². The van der Waals surface area contributed by atoms with Crippen molar-refractivity contribution >= 4 is 46.2 Å². The van der Waals surface area contributed by atoms with Crippen LogP contribution in [0.3, 0.4) is 0 Å². The highest BCUT2D eigenvalue weighted by atomic mass is 32.2. The molecule has 4 rings (SSSR count). The molecular weight excluding hydrogens is 490 g/mol. The van der Waals surface area contributed by atoms with Crippen LogP contribution in [0.2, 0.25) is 0 Å². The predicted molar refractivity (Wildman–Crippen MR) is 148 cm³/mol. The standard InChI is InChI=1S/C28H27N3O5S/c1-18(26(32)29-20-9-8-12-22(16-20)34-2)37-28-30-24(27(33)31(28)21-10-6-5-7-11-21)15-19-13-14-23(35-3)17-25(19)36-4/h5-18H,1-4H3,(H,29,32)/b24-15+. The van der Waals surface area contributed by atoms with Crippen LogP contribution in [-0.4, -0.2) is 43.6 Å². The monoisotopic (exact) mass is 517 g/mol. The average molecular weight is 518 g/mol. The van der Waals surface area contributed by atoms with E-state index in [4.69, 9.17) is 14.2 Å². The van der Waals surface area contributed by atoms with Crippen LogP contribution in [0.1, 0.15) is 12.5 Å². The number of nitrogens with one attached hydrogen (secondary N) is 1. The quantitative estimate of drug-likeness (QED) is 0.412. The number of anilines is 2. The van der Waals surface area contributed by atoms with Crippen molar-refractivity contribution in [3.63, 3.8) is 0 Å². The van der Waals surface area contributed by atoms with Gasteiger partial charge in [-0.3, -0.25) is 14.5 Å². The van der Waals surface area contributed by atoms with Crippen LogP contribution in [0.5, 0.6) is 17.2 Å². The van der Waals surface area contributed by atoms with Gasteiger partial charge >= 0.3 is 0 Å². The zero-order valence-electron chi connectivity index (χ0n) is 20.9. The number of amides is 2. The number of thioether (sulfide) groups is 1. The van der Waals surface area contributed by atoms with Gasteiger partial charge in [-0.05, 0) is 49.4 Å². The molecule has 9 heteroatoms. The second kappa shape index (κ2) is 11.7. The molecule has 8 nitrogen and oxygen atoms in total. The second-order valence-electron chi connectivity index (χ2n) is 7.99. The summed E-state index contributed by atoms with van der Waals surface area (Å²) in [6.07, 6.45) is 1.67. The molecule has 0 radical (unpaired) electrons. The Bertz CT molecular complexity index is 1360. The van der Waals surface area contributed by atoms with Gasteiger partial charge in [0.15, 0.2) is 5.17 Å². The largest absolute Gasteiger partial charge is 0.497 e. The lowest BCUT2D eigenvalue weighted by Gasteiger charge is -2.20. The van der Waals surface area contributed by atoms with Crippen molar-refractivity contribution in [3.8, 4) is 17.2 Å². The third-order valence-corrected chi connectivity index (χ3v) is 6.62. The smallest absolute Gasteiger partial charge is 0.283 e. The van der Waals surface area contributed by atoms with E-state index in [1.54, 1.807) is 76.8 Å². The van der Waals surface area contributed by atoms with Crippen molar-refractivity contribution in [3.05, 3.63) is 84.1 Å². The van der Waals surface area contributed by atoms with Crippen molar-refractivity contribution in [1.29, 1.82) is 0 Å². The Labute approximate surface area is 219 Å². The maximum atomic E-state index is 13.5. The predicted octanol–water partition coefficient (Wildman–Crippen LogP) is 5.22. The number of hydrogen-bond acceptors (Lipinski definition) is 7.